The minimum atomic E-state index is -4.63. The standard InChI is InChI=1S/C13H16O3.C11H15O5P.2C11H14O.C7H12O3.C4H10.2C3H8.C2H5B/c1-9(14)13(3,4)11-7-5-6-8-12(11)16-10(2)15;1-8(12)11(2,3)9-6-4-5-7-10(9)16-17(13,14)15;2*1-9(2)8-11(12)10-6-4-3-5-7-10;1-3-4-7(9)5-10-6(2)8;1-3-4-2;2*1-3-2;1-2-3/h5-8H,1-4H3;4-7H,1-3H3,(H2,13,14,15);2*3-7,9H,8H2,1-2H3;3-5H2,1-2H3;3-4H2,1-2H3;2*3H2,1-2H3;2H2,1H3. The Bertz CT molecular complexity index is 2270. The largest absolute Gasteiger partial charge is 0.524 e. The number of para-hydroxylation sites is 2. The molecule has 0 fully saturated rings. The maximum absolute atomic E-state index is 11.6. The molecular formula is C65H102BO13P. The van der Waals surface area contributed by atoms with E-state index in [-0.39, 0.29) is 47.2 Å². The zero-order chi connectivity index (χ0) is 63.1. The highest BCUT2D eigenvalue weighted by Gasteiger charge is 2.32. The van der Waals surface area contributed by atoms with Gasteiger partial charge in [-0.3, -0.25) is 43.3 Å². The van der Waals surface area contributed by atoms with Crippen LogP contribution in [0.15, 0.2) is 109 Å². The zero-order valence-corrected chi connectivity index (χ0v) is 53.4. The van der Waals surface area contributed by atoms with Gasteiger partial charge in [-0.15, -0.1) is 0 Å². The molecule has 0 aromatic heterocycles. The first-order chi connectivity index (χ1) is 37.2. The van der Waals surface area contributed by atoms with E-state index in [9.17, 15) is 38.1 Å². The van der Waals surface area contributed by atoms with Gasteiger partial charge in [0.05, 0.1) is 18.7 Å². The second-order valence-electron chi connectivity index (χ2n) is 20.2. The molecule has 0 atom stereocenters. The van der Waals surface area contributed by atoms with Crippen LogP contribution >= 0.6 is 7.82 Å². The molecule has 0 aliphatic carbocycles. The minimum Gasteiger partial charge on any atom is -0.458 e. The van der Waals surface area contributed by atoms with Gasteiger partial charge in [-0.1, -0.05) is 212 Å². The molecule has 0 aliphatic rings. The molecule has 0 unspecified atom stereocenters. The smallest absolute Gasteiger partial charge is 0.458 e. The predicted molar refractivity (Wildman–Crippen MR) is 330 cm³/mol. The monoisotopic (exact) mass is 1130 g/mol. The van der Waals surface area contributed by atoms with Crippen LogP contribution in [-0.2, 0) is 44.1 Å². The van der Waals surface area contributed by atoms with Gasteiger partial charge in [-0.05, 0) is 71.9 Å². The van der Waals surface area contributed by atoms with E-state index in [0.717, 1.165) is 29.4 Å². The molecule has 4 aromatic carbocycles. The summed E-state index contributed by atoms with van der Waals surface area (Å²) >= 11 is 0. The summed E-state index contributed by atoms with van der Waals surface area (Å²) in [7, 11) is 0.222. The summed E-state index contributed by atoms with van der Waals surface area (Å²) in [5, 5.41) is 0. The van der Waals surface area contributed by atoms with Gasteiger partial charge in [0.2, 0.25) is 0 Å². The Balaban J connectivity index is -0.000000280. The molecule has 0 aliphatic heterocycles. The van der Waals surface area contributed by atoms with Gasteiger partial charge in [-0.2, -0.15) is 0 Å². The Morgan fingerprint density at radius 1 is 0.512 bits per heavy atom. The van der Waals surface area contributed by atoms with Crippen molar-refractivity contribution in [1.82, 2.24) is 0 Å². The summed E-state index contributed by atoms with van der Waals surface area (Å²) in [5.74, 6) is 0.975. The summed E-state index contributed by atoms with van der Waals surface area (Å²) in [6.45, 7) is 37.4. The average Bonchev–Trinajstić information content (AvgIpc) is 3.37. The molecule has 0 heterocycles. The van der Waals surface area contributed by atoms with Crippen molar-refractivity contribution in [2.75, 3.05) is 6.61 Å². The number of hydrogen-bond acceptors (Lipinski definition) is 11. The number of carbonyl (C=O) groups is 7. The van der Waals surface area contributed by atoms with Crippen LogP contribution in [0.5, 0.6) is 11.5 Å². The average molecular weight is 1130 g/mol. The third-order valence-corrected chi connectivity index (χ3v) is 10.6. The Morgan fingerprint density at radius 2 is 0.825 bits per heavy atom. The number of Topliss-reactive ketones (excluding diaryl/α,β-unsaturated/α-hetero) is 5. The van der Waals surface area contributed by atoms with Crippen LogP contribution in [0, 0.1) is 11.8 Å². The molecule has 0 saturated heterocycles. The van der Waals surface area contributed by atoms with E-state index in [1.165, 1.54) is 59.4 Å². The van der Waals surface area contributed by atoms with E-state index in [1.807, 2.05) is 94.4 Å². The summed E-state index contributed by atoms with van der Waals surface area (Å²) in [6.07, 6.45) is 8.47. The number of unbranched alkanes of at least 4 members (excludes halogenated alkanes) is 1. The molecule has 0 spiro atoms. The molecule has 4 rings (SSSR count). The van der Waals surface area contributed by atoms with E-state index in [4.69, 9.17) is 22.4 Å². The van der Waals surface area contributed by atoms with Crippen LogP contribution in [0.1, 0.15) is 222 Å². The number of carbonyl (C=O) groups excluding carboxylic acids is 7. The van der Waals surface area contributed by atoms with Crippen molar-refractivity contribution in [3.05, 3.63) is 131 Å². The fourth-order valence-corrected chi connectivity index (χ4v) is 5.97. The molecule has 4 aromatic rings. The van der Waals surface area contributed by atoms with E-state index >= 15 is 0 Å². The number of ether oxygens (including phenoxy) is 2. The van der Waals surface area contributed by atoms with E-state index in [0.29, 0.717) is 42.4 Å². The molecule has 0 amide bonds. The summed E-state index contributed by atoms with van der Waals surface area (Å²) in [4.78, 5) is 95.4. The van der Waals surface area contributed by atoms with Crippen molar-refractivity contribution in [3.8, 4) is 11.5 Å². The lowest BCUT2D eigenvalue weighted by Gasteiger charge is -2.24. The van der Waals surface area contributed by atoms with Crippen LogP contribution in [-0.4, -0.2) is 65.1 Å². The molecule has 0 saturated carbocycles. The highest BCUT2D eigenvalue weighted by Crippen LogP contribution is 2.42. The van der Waals surface area contributed by atoms with Crippen LogP contribution in [0.2, 0.25) is 6.32 Å². The molecule has 2 N–H and O–H groups in total. The van der Waals surface area contributed by atoms with E-state index in [1.54, 1.807) is 50.2 Å². The van der Waals surface area contributed by atoms with Gasteiger partial charge in [0.1, 0.15) is 29.7 Å². The summed E-state index contributed by atoms with van der Waals surface area (Å²) < 4.78 is 25.0. The second-order valence-corrected chi connectivity index (χ2v) is 21.4. The third-order valence-electron chi connectivity index (χ3n) is 10.2. The Kier molecular flexibility index (Phi) is 50.9. The Hall–Kier alpha value is -5.82. The van der Waals surface area contributed by atoms with Crippen LogP contribution in [0.3, 0.4) is 0 Å². The lowest BCUT2D eigenvalue weighted by atomic mass is 9.81. The number of phosphoric acid groups is 1. The van der Waals surface area contributed by atoms with Gasteiger partial charge >= 0.3 is 19.8 Å². The number of phosphoric ester groups is 1. The predicted octanol–water partition coefficient (Wildman–Crippen LogP) is 16.5. The molecule has 2 radical (unpaired) electrons. The first kappa shape index (κ1) is 83.0. The first-order valence-electron chi connectivity index (χ1n) is 27.9. The van der Waals surface area contributed by atoms with Crippen molar-refractivity contribution in [3.63, 3.8) is 0 Å². The topological polar surface area (TPSA) is 205 Å². The van der Waals surface area contributed by atoms with Gasteiger partial charge in [0, 0.05) is 55.4 Å². The van der Waals surface area contributed by atoms with E-state index < -0.39 is 24.6 Å². The van der Waals surface area contributed by atoms with Crippen molar-refractivity contribution in [2.45, 2.75) is 207 Å². The van der Waals surface area contributed by atoms with Gasteiger partial charge in [0.25, 0.3) is 0 Å². The van der Waals surface area contributed by atoms with Crippen LogP contribution < -0.4 is 9.26 Å². The fraction of sp³-hybridized carbons (Fsp3) is 0.523. The first-order valence-corrected chi connectivity index (χ1v) is 29.4. The van der Waals surface area contributed by atoms with Crippen molar-refractivity contribution in [1.29, 1.82) is 0 Å². The van der Waals surface area contributed by atoms with Crippen LogP contribution in [0.25, 0.3) is 0 Å². The molecule has 13 nitrogen and oxygen atoms in total. The number of ketones is 5. The number of benzene rings is 4. The maximum Gasteiger partial charge on any atom is 0.524 e. The van der Waals surface area contributed by atoms with Crippen molar-refractivity contribution >= 4 is 56.5 Å². The van der Waals surface area contributed by atoms with Crippen molar-refractivity contribution in [2.24, 2.45) is 11.8 Å². The lowest BCUT2D eigenvalue weighted by Crippen LogP contribution is -2.27. The van der Waals surface area contributed by atoms with Crippen molar-refractivity contribution < 1.29 is 61.9 Å². The molecular weight excluding hydrogens is 1030 g/mol. The Morgan fingerprint density at radius 3 is 1.10 bits per heavy atom. The second kappa shape index (κ2) is 49.0. The van der Waals surface area contributed by atoms with Gasteiger partial charge < -0.3 is 14.0 Å². The summed E-state index contributed by atoms with van der Waals surface area (Å²) in [6, 6.07) is 32.3. The van der Waals surface area contributed by atoms with Crippen LogP contribution in [0.4, 0.5) is 0 Å². The Labute approximate surface area is 484 Å². The highest BCUT2D eigenvalue weighted by molar-refractivity contribution is 7.46. The van der Waals surface area contributed by atoms with Gasteiger partial charge in [0.15, 0.2) is 17.3 Å². The molecule has 15 heteroatoms. The summed E-state index contributed by atoms with van der Waals surface area (Å²) in [5.41, 5.74) is 1.34. The number of hydrogen-bond donors (Lipinski definition) is 2. The fourth-order valence-electron chi connectivity index (χ4n) is 5.56. The molecule has 448 valence electrons. The van der Waals surface area contributed by atoms with Gasteiger partial charge in [-0.25, -0.2) is 4.57 Å². The minimum absolute atomic E-state index is 0.0160. The third kappa shape index (κ3) is 45.0. The molecule has 80 heavy (non-hydrogen) atoms. The normalized spacial score (nSPS) is 10.1. The highest BCUT2D eigenvalue weighted by atomic mass is 31.2. The quantitative estimate of drug-likeness (QED) is 0.0313. The SMILES string of the molecule is CC(=O)C(C)(C)c1ccccc1OP(=O)(O)O.CC(=O)Oc1ccccc1C(C)(C)C(C)=O.CC(C)CC(=O)c1ccccc1.CC(C)CC(=O)c1ccccc1.CCC.CCC.CCCC.CCCC(=O)COC(C)=O.[B]CC. The number of rotatable bonds is 18. The molecule has 0 bridgehead atoms. The number of esters is 2. The maximum atomic E-state index is 11.6. The lowest BCUT2D eigenvalue weighted by molar-refractivity contribution is -0.145. The van der Waals surface area contributed by atoms with E-state index in [2.05, 4.69) is 78.5 Å². The zero-order valence-electron chi connectivity index (χ0n) is 52.5.